The van der Waals surface area contributed by atoms with E-state index in [1.165, 1.54) is 0 Å². The van der Waals surface area contributed by atoms with E-state index in [1.54, 1.807) is 24.3 Å². The van der Waals surface area contributed by atoms with Crippen LogP contribution in [0.25, 0.3) is 0 Å². The van der Waals surface area contributed by atoms with E-state index in [9.17, 15) is 9.59 Å². The second-order valence-electron chi connectivity index (χ2n) is 7.18. The Balaban J connectivity index is 2.52. The van der Waals surface area contributed by atoms with E-state index in [4.69, 9.17) is 9.47 Å². The molecule has 4 heteroatoms. The molecule has 0 spiro atoms. The van der Waals surface area contributed by atoms with Crippen molar-refractivity contribution in [3.63, 3.8) is 0 Å². The minimum Gasteiger partial charge on any atom is -0.462 e. The molecule has 1 unspecified atom stereocenters. The lowest BCUT2D eigenvalue weighted by Gasteiger charge is -2.22. The Kier molecular flexibility index (Phi) is 7.27. The van der Waals surface area contributed by atoms with Crippen LogP contribution in [0, 0.1) is 11.3 Å². The number of hydrogen-bond acceptors (Lipinski definition) is 4. The van der Waals surface area contributed by atoms with E-state index >= 15 is 0 Å². The van der Waals surface area contributed by atoms with Crippen molar-refractivity contribution in [1.82, 2.24) is 0 Å². The first kappa shape index (κ1) is 19.2. The molecule has 0 saturated heterocycles. The molecule has 0 amide bonds. The molecule has 0 aromatic heterocycles. The van der Waals surface area contributed by atoms with Crippen LogP contribution < -0.4 is 0 Å². The molecule has 128 valence electrons. The van der Waals surface area contributed by atoms with Gasteiger partial charge in [-0.15, -0.1) is 0 Å². The second-order valence-corrected chi connectivity index (χ2v) is 7.18. The van der Waals surface area contributed by atoms with E-state index in [-0.39, 0.29) is 17.4 Å². The maximum absolute atomic E-state index is 12.0. The van der Waals surface area contributed by atoms with Gasteiger partial charge in [0.25, 0.3) is 0 Å². The summed E-state index contributed by atoms with van der Waals surface area (Å²) in [4.78, 5) is 23.7. The van der Waals surface area contributed by atoms with E-state index in [0.29, 0.717) is 30.3 Å². The number of carbonyl (C=O) groups is 2. The third kappa shape index (κ3) is 7.31. The molecule has 0 N–H and O–H groups in total. The highest BCUT2D eigenvalue weighted by Gasteiger charge is 2.17. The van der Waals surface area contributed by atoms with Gasteiger partial charge in [-0.1, -0.05) is 34.6 Å². The molecule has 0 fully saturated rings. The van der Waals surface area contributed by atoms with Crippen LogP contribution >= 0.6 is 0 Å². The Bertz CT molecular complexity index is 511. The van der Waals surface area contributed by atoms with Crippen LogP contribution in [0.5, 0.6) is 0 Å². The van der Waals surface area contributed by atoms with Gasteiger partial charge in [-0.05, 0) is 48.4 Å². The third-order valence-corrected chi connectivity index (χ3v) is 3.25. The number of carbonyl (C=O) groups excluding carboxylic acids is 2. The molecule has 0 aliphatic carbocycles. The molecule has 0 saturated carbocycles. The number of benzene rings is 1. The summed E-state index contributed by atoms with van der Waals surface area (Å²) in [7, 11) is 0. The average Bonchev–Trinajstić information content (AvgIpc) is 2.48. The van der Waals surface area contributed by atoms with Gasteiger partial charge in [0.2, 0.25) is 0 Å². The molecule has 1 aromatic rings. The van der Waals surface area contributed by atoms with Gasteiger partial charge in [0.1, 0.15) is 0 Å². The fourth-order valence-corrected chi connectivity index (χ4v) is 2.43. The summed E-state index contributed by atoms with van der Waals surface area (Å²) in [6, 6.07) is 6.37. The van der Waals surface area contributed by atoms with Gasteiger partial charge in [-0.25, -0.2) is 9.59 Å². The summed E-state index contributed by atoms with van der Waals surface area (Å²) in [5.41, 5.74) is 1.10. The number of esters is 2. The predicted molar refractivity (Wildman–Crippen MR) is 90.5 cm³/mol. The lowest BCUT2D eigenvalue weighted by molar-refractivity contribution is 0.0418. The molecule has 0 radical (unpaired) electrons. The zero-order chi connectivity index (χ0) is 17.5. The number of ether oxygens (including phenoxy) is 2. The molecule has 0 aliphatic heterocycles. The van der Waals surface area contributed by atoms with Gasteiger partial charge in [-0.2, -0.15) is 0 Å². The van der Waals surface area contributed by atoms with Crippen molar-refractivity contribution < 1.29 is 19.1 Å². The lowest BCUT2D eigenvalue weighted by Crippen LogP contribution is -2.18. The highest BCUT2D eigenvalue weighted by Crippen LogP contribution is 2.24. The summed E-state index contributed by atoms with van der Waals surface area (Å²) >= 11 is 0. The topological polar surface area (TPSA) is 52.6 Å². The van der Waals surface area contributed by atoms with Crippen molar-refractivity contribution in [2.45, 2.75) is 47.5 Å². The van der Waals surface area contributed by atoms with Crippen molar-refractivity contribution in [3.05, 3.63) is 35.4 Å². The Labute approximate surface area is 139 Å². The molecular formula is C19H28O4. The first-order chi connectivity index (χ1) is 10.7. The molecule has 1 aromatic carbocycles. The fraction of sp³-hybridized carbons (Fsp3) is 0.579. The Hall–Kier alpha value is -1.84. The number of rotatable bonds is 7. The van der Waals surface area contributed by atoms with Gasteiger partial charge in [-0.3, -0.25) is 0 Å². The molecule has 0 aliphatic rings. The minimum absolute atomic E-state index is 0.215. The standard InChI is InChI=1S/C19H28O4/c1-6-11-22-17(20)15-7-9-16(10-8-15)18(21)23-13-14(2)12-19(3,4)5/h7-10,14H,6,11-13H2,1-5H3. The highest BCUT2D eigenvalue weighted by molar-refractivity contribution is 5.93. The van der Waals surface area contributed by atoms with Gasteiger partial charge in [0.15, 0.2) is 0 Å². The molecule has 0 heterocycles. The smallest absolute Gasteiger partial charge is 0.338 e. The van der Waals surface area contributed by atoms with Gasteiger partial charge < -0.3 is 9.47 Å². The van der Waals surface area contributed by atoms with Crippen molar-refractivity contribution in [2.24, 2.45) is 11.3 Å². The van der Waals surface area contributed by atoms with Gasteiger partial charge in [0.05, 0.1) is 24.3 Å². The monoisotopic (exact) mass is 320 g/mol. The number of hydrogen-bond donors (Lipinski definition) is 0. The summed E-state index contributed by atoms with van der Waals surface area (Å²) in [6.07, 6.45) is 1.77. The summed E-state index contributed by atoms with van der Waals surface area (Å²) in [6.45, 7) is 11.3. The molecule has 23 heavy (non-hydrogen) atoms. The van der Waals surface area contributed by atoms with Crippen molar-refractivity contribution in [3.8, 4) is 0 Å². The van der Waals surface area contributed by atoms with Crippen LogP contribution in [0.3, 0.4) is 0 Å². The van der Waals surface area contributed by atoms with Crippen LogP contribution in [-0.2, 0) is 9.47 Å². The average molecular weight is 320 g/mol. The normalized spacial score (nSPS) is 12.6. The SMILES string of the molecule is CCCOC(=O)c1ccc(C(=O)OCC(C)CC(C)(C)C)cc1. The summed E-state index contributed by atoms with van der Waals surface area (Å²) < 4.78 is 10.4. The molecular weight excluding hydrogens is 292 g/mol. The van der Waals surface area contributed by atoms with E-state index in [2.05, 4.69) is 27.7 Å². The zero-order valence-corrected chi connectivity index (χ0v) is 14.8. The summed E-state index contributed by atoms with van der Waals surface area (Å²) in [5.74, 6) is -0.424. The fourth-order valence-electron chi connectivity index (χ4n) is 2.43. The van der Waals surface area contributed by atoms with Crippen LogP contribution in [-0.4, -0.2) is 25.2 Å². The van der Waals surface area contributed by atoms with Gasteiger partial charge in [0, 0.05) is 0 Å². The Morgan fingerprint density at radius 1 is 1.00 bits per heavy atom. The zero-order valence-electron chi connectivity index (χ0n) is 14.8. The maximum Gasteiger partial charge on any atom is 0.338 e. The molecule has 1 atom stereocenters. The molecule has 4 nitrogen and oxygen atoms in total. The highest BCUT2D eigenvalue weighted by atomic mass is 16.5. The predicted octanol–water partition coefficient (Wildman–Crippen LogP) is 4.48. The largest absolute Gasteiger partial charge is 0.462 e. The van der Waals surface area contributed by atoms with E-state index in [1.807, 2.05) is 6.92 Å². The Morgan fingerprint density at radius 3 is 1.91 bits per heavy atom. The first-order valence-electron chi connectivity index (χ1n) is 8.17. The van der Waals surface area contributed by atoms with Crippen LogP contribution in [0.2, 0.25) is 0 Å². The third-order valence-electron chi connectivity index (χ3n) is 3.25. The van der Waals surface area contributed by atoms with Crippen molar-refractivity contribution in [1.29, 1.82) is 0 Å². The van der Waals surface area contributed by atoms with Crippen LogP contribution in [0.4, 0.5) is 0 Å². The van der Waals surface area contributed by atoms with Crippen molar-refractivity contribution >= 4 is 11.9 Å². The second kappa shape index (κ2) is 8.70. The van der Waals surface area contributed by atoms with Crippen molar-refractivity contribution in [2.75, 3.05) is 13.2 Å². The van der Waals surface area contributed by atoms with Gasteiger partial charge >= 0.3 is 11.9 Å². The van der Waals surface area contributed by atoms with Crippen LogP contribution in [0.15, 0.2) is 24.3 Å². The maximum atomic E-state index is 12.0. The molecule has 0 bridgehead atoms. The molecule has 1 rings (SSSR count). The summed E-state index contributed by atoms with van der Waals surface area (Å²) in [5, 5.41) is 0. The van der Waals surface area contributed by atoms with E-state index < -0.39 is 0 Å². The lowest BCUT2D eigenvalue weighted by atomic mass is 9.86. The van der Waals surface area contributed by atoms with Crippen LogP contribution in [0.1, 0.15) is 68.2 Å². The first-order valence-corrected chi connectivity index (χ1v) is 8.17. The quantitative estimate of drug-likeness (QED) is 0.695. The Morgan fingerprint density at radius 2 is 1.48 bits per heavy atom. The minimum atomic E-state index is -0.370. The van der Waals surface area contributed by atoms with E-state index in [0.717, 1.165) is 12.8 Å².